The molecule has 22 heavy (non-hydrogen) atoms. The van der Waals surface area contributed by atoms with Crippen LogP contribution in [0.2, 0.25) is 0 Å². The maximum atomic E-state index is 9.80. The summed E-state index contributed by atoms with van der Waals surface area (Å²) in [5.74, 6) is 5.27. The summed E-state index contributed by atoms with van der Waals surface area (Å²) in [6, 6.07) is 18.8. The van der Waals surface area contributed by atoms with Crippen molar-refractivity contribution in [2.75, 3.05) is 6.61 Å². The zero-order valence-electron chi connectivity index (χ0n) is 11.9. The first kappa shape index (κ1) is 15.2. The van der Waals surface area contributed by atoms with E-state index >= 15 is 0 Å². The zero-order chi connectivity index (χ0) is 15.6. The molecule has 0 aromatic heterocycles. The number of allylic oxidation sites excluding steroid dienone is 1. The number of hydrogen-bond donors (Lipinski definition) is 1. The summed E-state index contributed by atoms with van der Waals surface area (Å²) < 4.78 is 5.10. The summed E-state index contributed by atoms with van der Waals surface area (Å²) >= 11 is 0. The van der Waals surface area contributed by atoms with Crippen molar-refractivity contribution in [3.8, 4) is 11.8 Å². The Bertz CT molecular complexity index is 735. The molecule has 0 heterocycles. The Balaban J connectivity index is 1.95. The Morgan fingerprint density at radius 2 is 1.68 bits per heavy atom. The fourth-order valence-electron chi connectivity index (χ4n) is 1.79. The van der Waals surface area contributed by atoms with Gasteiger partial charge >= 0.3 is 11.6 Å². The van der Waals surface area contributed by atoms with E-state index in [-0.39, 0.29) is 18.7 Å². The number of benzene rings is 2. The van der Waals surface area contributed by atoms with Gasteiger partial charge in [-0.25, -0.2) is 0 Å². The van der Waals surface area contributed by atoms with Gasteiger partial charge in [-0.05, 0) is 17.7 Å². The van der Waals surface area contributed by atoms with E-state index in [1.165, 1.54) is 0 Å². The summed E-state index contributed by atoms with van der Waals surface area (Å²) in [7, 11) is 0. The zero-order valence-corrected chi connectivity index (χ0v) is 11.9. The van der Waals surface area contributed by atoms with Crippen LogP contribution in [0.25, 0.3) is 4.98 Å². The van der Waals surface area contributed by atoms with Gasteiger partial charge in [-0.3, -0.25) is 0 Å². The molecule has 0 fully saturated rings. The first-order chi connectivity index (χ1) is 10.8. The lowest BCUT2D eigenvalue weighted by atomic mass is 10.1. The predicted molar refractivity (Wildman–Crippen MR) is 84.2 cm³/mol. The van der Waals surface area contributed by atoms with Gasteiger partial charge < -0.3 is 9.84 Å². The van der Waals surface area contributed by atoms with Crippen molar-refractivity contribution in [2.45, 2.75) is 6.42 Å². The molecule has 4 heteroatoms. The number of aliphatic hydroxyl groups is 1. The van der Waals surface area contributed by atoms with Gasteiger partial charge in [0.05, 0.1) is 6.42 Å². The fourth-order valence-corrected chi connectivity index (χ4v) is 1.79. The van der Waals surface area contributed by atoms with Crippen LogP contribution in [-0.2, 0) is 11.2 Å². The Hall–Kier alpha value is -3.24. The monoisotopic (exact) mass is 291 g/mol. The molecule has 0 saturated carbocycles. The lowest BCUT2D eigenvalue weighted by Gasteiger charge is -1.98. The van der Waals surface area contributed by atoms with Crippen LogP contribution >= 0.6 is 0 Å². The van der Waals surface area contributed by atoms with Gasteiger partial charge in [0.15, 0.2) is 11.6 Å². The van der Waals surface area contributed by atoms with Crippen molar-refractivity contribution < 1.29 is 9.84 Å². The molecule has 0 saturated heterocycles. The second-order valence-electron chi connectivity index (χ2n) is 4.47. The Kier molecular flexibility index (Phi) is 5.61. The van der Waals surface area contributed by atoms with E-state index in [2.05, 4.69) is 16.8 Å². The molecule has 1 N–H and O–H groups in total. The van der Waals surface area contributed by atoms with E-state index in [0.29, 0.717) is 0 Å². The normalized spacial score (nSPS) is 10.7. The third-order valence-corrected chi connectivity index (χ3v) is 2.87. The molecule has 108 valence electrons. The predicted octanol–water partition coefficient (Wildman–Crippen LogP) is 3.88. The lowest BCUT2D eigenvalue weighted by Crippen LogP contribution is -1.98. The highest BCUT2D eigenvalue weighted by Gasteiger charge is 2.20. The van der Waals surface area contributed by atoms with Crippen molar-refractivity contribution >= 4 is 0 Å². The van der Waals surface area contributed by atoms with E-state index in [1.54, 1.807) is 0 Å². The molecule has 0 spiro atoms. The molecule has 0 aliphatic heterocycles. The minimum atomic E-state index is -0.422. The molecular weight excluding hydrogens is 276 g/mol. The van der Waals surface area contributed by atoms with Crippen LogP contribution in [0.4, 0.5) is 0 Å². The molecule has 4 nitrogen and oxygen atoms in total. The highest BCUT2D eigenvalue weighted by atomic mass is 16.6. The van der Waals surface area contributed by atoms with Crippen LogP contribution in [0.1, 0.15) is 11.1 Å². The molecule has 0 unspecified atom stereocenters. The van der Waals surface area contributed by atoms with Crippen molar-refractivity contribution in [1.29, 1.82) is 5.39 Å². The topological polar surface area (TPSA) is 57.6 Å². The number of nitrogens with zero attached hydrogens (tertiary/aromatic N) is 2. The minimum Gasteiger partial charge on any atom is -0.475 e. The van der Waals surface area contributed by atoms with Crippen LogP contribution in [0.15, 0.2) is 72.3 Å². The maximum absolute atomic E-state index is 9.80. The first-order valence-electron chi connectivity index (χ1n) is 6.77. The molecule has 0 aliphatic rings. The molecule has 0 bridgehead atoms. The van der Waals surface area contributed by atoms with Crippen molar-refractivity contribution in [2.24, 2.45) is 0 Å². The summed E-state index contributed by atoms with van der Waals surface area (Å²) in [6.07, 6.45) is 0.273. The van der Waals surface area contributed by atoms with Crippen molar-refractivity contribution in [3.63, 3.8) is 0 Å². The number of rotatable bonds is 4. The summed E-state index contributed by atoms with van der Waals surface area (Å²) in [4.78, 5) is 3.08. The summed E-state index contributed by atoms with van der Waals surface area (Å²) in [6.45, 7) is 0.00847. The third kappa shape index (κ3) is 4.70. The Morgan fingerprint density at radius 3 is 2.32 bits per heavy atom. The molecule has 2 aromatic rings. The largest absolute Gasteiger partial charge is 0.475 e. The minimum absolute atomic E-state index is 0.00847. The number of diazo groups is 1. The highest BCUT2D eigenvalue weighted by molar-refractivity contribution is 5.33. The van der Waals surface area contributed by atoms with Crippen LogP contribution in [0, 0.1) is 17.2 Å². The standard InChI is InChI=1S/C18H14N2O2/c19-20-17(14-16-10-5-2-6-11-16)18(21)22-13-7-12-15-8-3-1-4-9-15/h1-6,8-11H,13-14H2/p+1/b18-17-. The van der Waals surface area contributed by atoms with Gasteiger partial charge in [0.25, 0.3) is 0 Å². The van der Waals surface area contributed by atoms with Crippen LogP contribution in [0.5, 0.6) is 0 Å². The van der Waals surface area contributed by atoms with E-state index in [1.807, 2.05) is 60.7 Å². The van der Waals surface area contributed by atoms with E-state index in [4.69, 9.17) is 10.1 Å². The Morgan fingerprint density at radius 1 is 1.05 bits per heavy atom. The van der Waals surface area contributed by atoms with Gasteiger partial charge in [0.1, 0.15) is 0 Å². The van der Waals surface area contributed by atoms with Gasteiger partial charge in [-0.1, -0.05) is 60.4 Å². The second-order valence-corrected chi connectivity index (χ2v) is 4.47. The Labute approximate surface area is 129 Å². The molecule has 2 aromatic carbocycles. The highest BCUT2D eigenvalue weighted by Crippen LogP contribution is 2.13. The van der Waals surface area contributed by atoms with Gasteiger partial charge in [-0.15, -0.1) is 0 Å². The SMILES string of the molecule is N#[N+]/C(Cc1ccccc1)=C(/O)OCC#Cc1ccccc1. The third-order valence-electron chi connectivity index (χ3n) is 2.87. The van der Waals surface area contributed by atoms with Crippen LogP contribution in [0.3, 0.4) is 0 Å². The molecule has 2 rings (SSSR count). The van der Waals surface area contributed by atoms with Gasteiger partial charge in [0, 0.05) is 5.56 Å². The lowest BCUT2D eigenvalue weighted by molar-refractivity contribution is 0.111. The summed E-state index contributed by atoms with van der Waals surface area (Å²) in [5, 5.41) is 18.8. The average Bonchev–Trinajstić information content (AvgIpc) is 2.58. The molecule has 0 radical (unpaired) electrons. The molecular formula is C18H15N2O2+. The van der Waals surface area contributed by atoms with Crippen molar-refractivity contribution in [3.05, 3.63) is 88.4 Å². The maximum Gasteiger partial charge on any atom is 0.444 e. The van der Waals surface area contributed by atoms with Gasteiger partial charge in [0.2, 0.25) is 5.39 Å². The smallest absolute Gasteiger partial charge is 0.444 e. The fraction of sp³-hybridized carbons (Fsp3) is 0.111. The number of ether oxygens (including phenoxy) is 1. The van der Waals surface area contributed by atoms with Crippen molar-refractivity contribution in [1.82, 2.24) is 0 Å². The second kappa shape index (κ2) is 8.14. The molecule has 0 amide bonds. The molecule has 0 atom stereocenters. The van der Waals surface area contributed by atoms with E-state index in [9.17, 15) is 5.11 Å². The first-order valence-corrected chi connectivity index (χ1v) is 6.77. The van der Waals surface area contributed by atoms with E-state index < -0.39 is 5.95 Å². The quantitative estimate of drug-likeness (QED) is 0.528. The molecule has 0 aliphatic carbocycles. The van der Waals surface area contributed by atoms with Crippen LogP contribution < -0.4 is 0 Å². The van der Waals surface area contributed by atoms with Gasteiger partial charge in [-0.2, -0.15) is 0 Å². The summed E-state index contributed by atoms with van der Waals surface area (Å²) in [5.41, 5.74) is 1.83. The van der Waals surface area contributed by atoms with E-state index in [0.717, 1.165) is 11.1 Å². The number of hydrogen-bond acceptors (Lipinski definition) is 3. The average molecular weight is 291 g/mol. The number of aliphatic hydroxyl groups excluding tert-OH is 1. The van der Waals surface area contributed by atoms with Crippen LogP contribution in [-0.4, -0.2) is 11.7 Å².